The average Bonchev–Trinajstić information content (AvgIpc) is 2.98. The number of non-ortho nitro benzene ring substituents is 1. The van der Waals surface area contributed by atoms with E-state index in [2.05, 4.69) is 15.2 Å². The lowest BCUT2D eigenvalue weighted by molar-refractivity contribution is -0.384. The lowest BCUT2D eigenvalue weighted by atomic mass is 10.1. The van der Waals surface area contributed by atoms with Crippen LogP contribution in [0.2, 0.25) is 0 Å². The van der Waals surface area contributed by atoms with Crippen molar-refractivity contribution in [2.75, 3.05) is 0 Å². The van der Waals surface area contributed by atoms with Gasteiger partial charge in [0.25, 0.3) is 5.69 Å². The highest BCUT2D eigenvalue weighted by molar-refractivity contribution is 5.68. The SMILES string of the molecule is O=[N+]([O-])c1ccc(O)c(-c2nc(-c3ccccc3)n[nH]2)c1. The van der Waals surface area contributed by atoms with Crippen molar-refractivity contribution >= 4 is 5.69 Å². The molecule has 104 valence electrons. The van der Waals surface area contributed by atoms with Gasteiger partial charge in [-0.1, -0.05) is 30.3 Å². The summed E-state index contributed by atoms with van der Waals surface area (Å²) in [5.41, 5.74) is 0.921. The minimum absolute atomic E-state index is 0.101. The molecule has 2 aromatic carbocycles. The molecule has 0 bridgehead atoms. The van der Waals surface area contributed by atoms with E-state index in [1.54, 1.807) is 0 Å². The van der Waals surface area contributed by atoms with E-state index in [4.69, 9.17) is 0 Å². The van der Waals surface area contributed by atoms with Crippen LogP contribution in [0, 0.1) is 10.1 Å². The smallest absolute Gasteiger partial charge is 0.270 e. The lowest BCUT2D eigenvalue weighted by Gasteiger charge is -2.00. The molecule has 0 aliphatic heterocycles. The highest BCUT2D eigenvalue weighted by Crippen LogP contribution is 2.31. The van der Waals surface area contributed by atoms with Crippen molar-refractivity contribution < 1.29 is 10.0 Å². The van der Waals surface area contributed by atoms with Gasteiger partial charge < -0.3 is 5.11 Å². The molecule has 0 saturated heterocycles. The Kier molecular flexibility index (Phi) is 3.07. The third-order valence-corrected chi connectivity index (χ3v) is 2.96. The van der Waals surface area contributed by atoms with E-state index < -0.39 is 4.92 Å². The summed E-state index contributed by atoms with van der Waals surface area (Å²) in [6, 6.07) is 13.0. The molecule has 0 fully saturated rings. The van der Waals surface area contributed by atoms with Crippen molar-refractivity contribution in [3.8, 4) is 28.5 Å². The molecule has 2 N–H and O–H groups in total. The van der Waals surface area contributed by atoms with Gasteiger partial charge in [-0.15, -0.1) is 0 Å². The average molecular weight is 282 g/mol. The first-order valence-corrected chi connectivity index (χ1v) is 6.11. The second kappa shape index (κ2) is 5.04. The number of phenolic OH excluding ortho intramolecular Hbond substituents is 1. The highest BCUT2D eigenvalue weighted by atomic mass is 16.6. The van der Waals surface area contributed by atoms with E-state index in [1.807, 2.05) is 30.3 Å². The van der Waals surface area contributed by atoms with E-state index in [1.165, 1.54) is 18.2 Å². The summed E-state index contributed by atoms with van der Waals surface area (Å²) in [5, 5.41) is 27.4. The van der Waals surface area contributed by atoms with Crippen LogP contribution in [0.25, 0.3) is 22.8 Å². The number of rotatable bonds is 3. The first-order chi connectivity index (χ1) is 10.1. The number of aromatic amines is 1. The van der Waals surface area contributed by atoms with Crippen LogP contribution in [0.5, 0.6) is 5.75 Å². The lowest BCUT2D eigenvalue weighted by Crippen LogP contribution is -1.89. The monoisotopic (exact) mass is 282 g/mol. The van der Waals surface area contributed by atoms with Gasteiger partial charge in [-0.3, -0.25) is 15.2 Å². The van der Waals surface area contributed by atoms with Crippen molar-refractivity contribution in [3.05, 3.63) is 58.6 Å². The summed E-state index contributed by atoms with van der Waals surface area (Å²) in [6.07, 6.45) is 0. The van der Waals surface area contributed by atoms with Crippen LogP contribution < -0.4 is 0 Å². The number of hydrogen-bond donors (Lipinski definition) is 2. The Balaban J connectivity index is 2.04. The molecule has 0 radical (unpaired) electrons. The highest BCUT2D eigenvalue weighted by Gasteiger charge is 2.15. The zero-order chi connectivity index (χ0) is 14.8. The Morgan fingerprint density at radius 2 is 1.90 bits per heavy atom. The predicted molar refractivity (Wildman–Crippen MR) is 75.6 cm³/mol. The standard InChI is InChI=1S/C14H10N4O3/c19-12-7-6-10(18(20)21)8-11(12)14-15-13(16-17-14)9-4-2-1-3-5-9/h1-8,19H,(H,15,16,17). The number of hydrogen-bond acceptors (Lipinski definition) is 5. The molecule has 0 aliphatic carbocycles. The van der Waals surface area contributed by atoms with Crippen LogP contribution in [0.1, 0.15) is 0 Å². The van der Waals surface area contributed by atoms with E-state index in [-0.39, 0.29) is 22.8 Å². The van der Waals surface area contributed by atoms with Gasteiger partial charge in [0.05, 0.1) is 10.5 Å². The number of aromatic hydroxyl groups is 1. The maximum absolute atomic E-state index is 10.8. The molecule has 1 aromatic heterocycles. The summed E-state index contributed by atoms with van der Waals surface area (Å²) in [4.78, 5) is 14.5. The number of benzene rings is 2. The number of H-pyrrole nitrogens is 1. The van der Waals surface area contributed by atoms with Crippen LogP contribution >= 0.6 is 0 Å². The van der Waals surface area contributed by atoms with E-state index in [0.717, 1.165) is 5.56 Å². The van der Waals surface area contributed by atoms with Crippen LogP contribution in [0.15, 0.2) is 48.5 Å². The summed E-state index contributed by atoms with van der Waals surface area (Å²) in [5.74, 6) is 0.628. The second-order valence-electron chi connectivity index (χ2n) is 4.33. The van der Waals surface area contributed by atoms with Crippen molar-refractivity contribution in [1.82, 2.24) is 15.2 Å². The van der Waals surface area contributed by atoms with Gasteiger partial charge in [-0.2, -0.15) is 5.10 Å². The Hall–Kier alpha value is -3.22. The third kappa shape index (κ3) is 2.44. The number of nitrogens with zero attached hydrogens (tertiary/aromatic N) is 3. The number of aromatic nitrogens is 3. The third-order valence-electron chi connectivity index (χ3n) is 2.96. The Morgan fingerprint density at radius 1 is 1.14 bits per heavy atom. The quantitative estimate of drug-likeness (QED) is 0.567. The van der Waals surface area contributed by atoms with Crippen molar-refractivity contribution in [3.63, 3.8) is 0 Å². The maximum atomic E-state index is 10.8. The molecule has 0 aliphatic rings. The van der Waals surface area contributed by atoms with Gasteiger partial charge in [0, 0.05) is 17.7 Å². The summed E-state index contributed by atoms with van der Waals surface area (Å²) >= 11 is 0. The van der Waals surface area contributed by atoms with Crippen LogP contribution in [-0.4, -0.2) is 25.2 Å². The number of phenols is 1. The number of nitro groups is 1. The molecular formula is C14H10N4O3. The fourth-order valence-electron chi connectivity index (χ4n) is 1.93. The summed E-state index contributed by atoms with van der Waals surface area (Å²) < 4.78 is 0. The molecule has 3 rings (SSSR count). The fourth-order valence-corrected chi connectivity index (χ4v) is 1.93. The van der Waals surface area contributed by atoms with Crippen LogP contribution in [0.4, 0.5) is 5.69 Å². The molecule has 0 saturated carbocycles. The minimum atomic E-state index is -0.530. The first kappa shape index (κ1) is 12.8. The minimum Gasteiger partial charge on any atom is -0.507 e. The molecular weight excluding hydrogens is 272 g/mol. The molecule has 7 nitrogen and oxygen atoms in total. The molecule has 0 atom stereocenters. The molecule has 0 unspecified atom stereocenters. The van der Waals surface area contributed by atoms with Gasteiger partial charge in [-0.05, 0) is 6.07 Å². The molecule has 1 heterocycles. The Morgan fingerprint density at radius 3 is 2.62 bits per heavy atom. The van der Waals surface area contributed by atoms with Gasteiger partial charge in [-0.25, -0.2) is 4.98 Å². The normalized spacial score (nSPS) is 10.5. The molecule has 0 spiro atoms. The topological polar surface area (TPSA) is 105 Å². The molecule has 21 heavy (non-hydrogen) atoms. The predicted octanol–water partition coefficient (Wildman–Crippen LogP) is 2.75. The van der Waals surface area contributed by atoms with Crippen molar-refractivity contribution in [2.45, 2.75) is 0 Å². The zero-order valence-electron chi connectivity index (χ0n) is 10.7. The van der Waals surface area contributed by atoms with Crippen molar-refractivity contribution in [2.24, 2.45) is 0 Å². The Bertz CT molecular complexity index is 799. The molecule has 7 heteroatoms. The van der Waals surface area contributed by atoms with E-state index in [0.29, 0.717) is 5.82 Å². The van der Waals surface area contributed by atoms with Gasteiger partial charge >= 0.3 is 0 Å². The summed E-state index contributed by atoms with van der Waals surface area (Å²) in [6.45, 7) is 0. The Labute approximate surface area is 119 Å². The van der Waals surface area contributed by atoms with Gasteiger partial charge in [0.15, 0.2) is 11.6 Å². The van der Waals surface area contributed by atoms with Crippen LogP contribution in [0.3, 0.4) is 0 Å². The zero-order valence-corrected chi connectivity index (χ0v) is 10.7. The molecule has 3 aromatic rings. The van der Waals surface area contributed by atoms with Gasteiger partial charge in [0.1, 0.15) is 5.75 Å². The summed E-state index contributed by atoms with van der Waals surface area (Å²) in [7, 11) is 0. The fraction of sp³-hybridized carbons (Fsp3) is 0. The van der Waals surface area contributed by atoms with E-state index in [9.17, 15) is 15.2 Å². The second-order valence-corrected chi connectivity index (χ2v) is 4.33. The number of nitrogens with one attached hydrogen (secondary N) is 1. The van der Waals surface area contributed by atoms with Crippen molar-refractivity contribution in [1.29, 1.82) is 0 Å². The maximum Gasteiger partial charge on any atom is 0.270 e. The number of nitro benzene ring substituents is 1. The first-order valence-electron chi connectivity index (χ1n) is 6.11. The van der Waals surface area contributed by atoms with Crippen LogP contribution in [-0.2, 0) is 0 Å². The van der Waals surface area contributed by atoms with Gasteiger partial charge in [0.2, 0.25) is 0 Å². The largest absolute Gasteiger partial charge is 0.507 e. The van der Waals surface area contributed by atoms with E-state index >= 15 is 0 Å². The molecule has 0 amide bonds.